The second-order valence-corrected chi connectivity index (χ2v) is 7.51. The van der Waals surface area contributed by atoms with Crippen molar-refractivity contribution in [1.29, 1.82) is 0 Å². The number of hydrogen-bond donors (Lipinski definition) is 2. The zero-order valence-electron chi connectivity index (χ0n) is 12.2. The molecule has 0 bridgehead atoms. The quantitative estimate of drug-likeness (QED) is 0.897. The first-order chi connectivity index (χ1) is 9.39. The molecule has 0 aliphatic heterocycles. The van der Waals surface area contributed by atoms with Crippen LogP contribution in [-0.2, 0) is 10.0 Å². The van der Waals surface area contributed by atoms with Crippen molar-refractivity contribution in [2.45, 2.75) is 50.5 Å². The van der Waals surface area contributed by atoms with E-state index in [0.717, 1.165) is 6.42 Å². The van der Waals surface area contributed by atoms with Gasteiger partial charge in [0.15, 0.2) is 0 Å². The van der Waals surface area contributed by atoms with Crippen LogP contribution in [0.15, 0.2) is 29.2 Å². The molecule has 0 radical (unpaired) electrons. The lowest BCUT2D eigenvalue weighted by Crippen LogP contribution is -2.35. The lowest BCUT2D eigenvalue weighted by molar-refractivity contribution is 0.253. The van der Waals surface area contributed by atoms with E-state index in [1.165, 1.54) is 19.3 Å². The van der Waals surface area contributed by atoms with Gasteiger partial charge in [0.25, 0.3) is 0 Å². The monoisotopic (exact) mass is 296 g/mol. The molecule has 2 rings (SSSR count). The number of anilines is 1. The first kappa shape index (κ1) is 15.3. The maximum absolute atomic E-state index is 11.6. The van der Waals surface area contributed by atoms with Crippen LogP contribution in [0.3, 0.4) is 0 Å². The molecule has 1 aliphatic carbocycles. The fourth-order valence-electron chi connectivity index (χ4n) is 3.17. The van der Waals surface area contributed by atoms with Gasteiger partial charge in [0.05, 0.1) is 5.69 Å². The predicted molar refractivity (Wildman–Crippen MR) is 82.0 cm³/mol. The summed E-state index contributed by atoms with van der Waals surface area (Å²) in [4.78, 5) is 0.188. The molecule has 1 aromatic rings. The molecular formula is C15H24N2O2S. The maximum Gasteiger partial charge on any atom is 0.240 e. The summed E-state index contributed by atoms with van der Waals surface area (Å²) < 4.78 is 23.3. The number of rotatable bonds is 4. The van der Waals surface area contributed by atoms with Gasteiger partial charge < -0.3 is 5.32 Å². The minimum absolute atomic E-state index is 0.188. The van der Waals surface area contributed by atoms with Crippen molar-refractivity contribution >= 4 is 15.7 Å². The molecule has 0 amide bonds. The van der Waals surface area contributed by atoms with Gasteiger partial charge in [-0.3, -0.25) is 0 Å². The van der Waals surface area contributed by atoms with Gasteiger partial charge in [-0.2, -0.15) is 0 Å². The summed E-state index contributed by atoms with van der Waals surface area (Å²) in [6.07, 6.45) is 4.74. The number of nitrogens with one attached hydrogen (secondary N) is 1. The largest absolute Gasteiger partial charge is 0.381 e. The third-order valence-electron chi connectivity index (χ3n) is 4.21. The van der Waals surface area contributed by atoms with Gasteiger partial charge in [0.2, 0.25) is 10.0 Å². The van der Waals surface area contributed by atoms with Crippen molar-refractivity contribution in [2.24, 2.45) is 17.0 Å². The van der Waals surface area contributed by atoms with Crippen LogP contribution in [0.25, 0.3) is 0 Å². The van der Waals surface area contributed by atoms with Gasteiger partial charge in [-0.25, -0.2) is 13.6 Å². The molecule has 2 atom stereocenters. The highest BCUT2D eigenvalue weighted by Crippen LogP contribution is 2.33. The Morgan fingerprint density at radius 2 is 1.85 bits per heavy atom. The number of hydrogen-bond acceptors (Lipinski definition) is 3. The van der Waals surface area contributed by atoms with Crippen LogP contribution >= 0.6 is 0 Å². The number of sulfonamides is 1. The van der Waals surface area contributed by atoms with E-state index in [-0.39, 0.29) is 4.90 Å². The van der Waals surface area contributed by atoms with Gasteiger partial charge in [-0.05, 0) is 36.8 Å². The molecule has 1 aromatic carbocycles. The van der Waals surface area contributed by atoms with Crippen molar-refractivity contribution in [2.75, 3.05) is 5.32 Å². The van der Waals surface area contributed by atoms with Gasteiger partial charge in [-0.15, -0.1) is 0 Å². The van der Waals surface area contributed by atoms with E-state index < -0.39 is 10.0 Å². The first-order valence-electron chi connectivity index (χ1n) is 7.28. The van der Waals surface area contributed by atoms with Crippen molar-refractivity contribution in [3.05, 3.63) is 24.3 Å². The number of benzene rings is 1. The van der Waals surface area contributed by atoms with Gasteiger partial charge in [-0.1, -0.05) is 38.8 Å². The minimum Gasteiger partial charge on any atom is -0.381 e. The molecule has 0 heterocycles. The number of para-hydroxylation sites is 1. The second kappa shape index (κ2) is 6.14. The smallest absolute Gasteiger partial charge is 0.240 e. The van der Waals surface area contributed by atoms with E-state index >= 15 is 0 Å². The van der Waals surface area contributed by atoms with Crippen molar-refractivity contribution in [3.63, 3.8) is 0 Å². The first-order valence-corrected chi connectivity index (χ1v) is 8.82. The third-order valence-corrected chi connectivity index (χ3v) is 5.18. The summed E-state index contributed by atoms with van der Waals surface area (Å²) in [6, 6.07) is 7.22. The standard InChI is InChI=1S/C15H24N2O2S/c1-11(2)12-7-3-4-8-13(12)17-14-9-5-6-10-15(14)20(16,18)19/h5-6,9-13,17H,3-4,7-8H2,1-2H3,(H2,16,18,19). The lowest BCUT2D eigenvalue weighted by Gasteiger charge is -2.35. The fourth-order valence-corrected chi connectivity index (χ4v) is 3.87. The van der Waals surface area contributed by atoms with E-state index in [2.05, 4.69) is 19.2 Å². The van der Waals surface area contributed by atoms with Crippen LogP contribution in [-0.4, -0.2) is 14.5 Å². The molecule has 1 fully saturated rings. The minimum atomic E-state index is -3.68. The normalized spacial score (nSPS) is 23.8. The Kier molecular flexibility index (Phi) is 4.70. The van der Waals surface area contributed by atoms with E-state index in [0.29, 0.717) is 23.6 Å². The Hall–Kier alpha value is -1.07. The van der Waals surface area contributed by atoms with Crippen LogP contribution in [0.2, 0.25) is 0 Å². The average molecular weight is 296 g/mol. The highest BCUT2D eigenvalue weighted by molar-refractivity contribution is 7.89. The van der Waals surface area contributed by atoms with Crippen LogP contribution < -0.4 is 10.5 Å². The summed E-state index contributed by atoms with van der Waals surface area (Å²) in [5.74, 6) is 1.17. The molecular weight excluding hydrogens is 272 g/mol. The highest BCUT2D eigenvalue weighted by atomic mass is 32.2. The Balaban J connectivity index is 2.25. The molecule has 1 aliphatic rings. The van der Waals surface area contributed by atoms with Gasteiger partial charge in [0.1, 0.15) is 4.90 Å². The van der Waals surface area contributed by atoms with E-state index in [9.17, 15) is 8.42 Å². The molecule has 0 spiro atoms. The summed E-state index contributed by atoms with van der Waals surface area (Å²) in [7, 11) is -3.68. The fraction of sp³-hybridized carbons (Fsp3) is 0.600. The topological polar surface area (TPSA) is 72.2 Å². The summed E-state index contributed by atoms with van der Waals surface area (Å²) in [6.45, 7) is 4.46. The van der Waals surface area contributed by atoms with Crippen molar-refractivity contribution < 1.29 is 8.42 Å². The van der Waals surface area contributed by atoms with Crippen molar-refractivity contribution in [3.8, 4) is 0 Å². The predicted octanol–water partition coefficient (Wildman–Crippen LogP) is 2.96. The molecule has 4 nitrogen and oxygen atoms in total. The summed E-state index contributed by atoms with van der Waals surface area (Å²) in [5.41, 5.74) is 0.632. The second-order valence-electron chi connectivity index (χ2n) is 5.98. The summed E-state index contributed by atoms with van der Waals surface area (Å²) in [5, 5.41) is 8.72. The van der Waals surface area contributed by atoms with Gasteiger partial charge >= 0.3 is 0 Å². The molecule has 3 N–H and O–H groups in total. The molecule has 20 heavy (non-hydrogen) atoms. The lowest BCUT2D eigenvalue weighted by atomic mass is 9.78. The van der Waals surface area contributed by atoms with E-state index in [4.69, 9.17) is 5.14 Å². The Morgan fingerprint density at radius 3 is 2.50 bits per heavy atom. The highest BCUT2D eigenvalue weighted by Gasteiger charge is 2.28. The molecule has 0 saturated heterocycles. The molecule has 0 aromatic heterocycles. The van der Waals surface area contributed by atoms with Crippen LogP contribution in [0.5, 0.6) is 0 Å². The zero-order chi connectivity index (χ0) is 14.8. The molecule has 1 saturated carbocycles. The van der Waals surface area contributed by atoms with Crippen LogP contribution in [0.1, 0.15) is 39.5 Å². The van der Waals surface area contributed by atoms with Crippen LogP contribution in [0, 0.1) is 11.8 Å². The SMILES string of the molecule is CC(C)C1CCCCC1Nc1ccccc1S(N)(=O)=O. The third kappa shape index (κ3) is 3.52. The molecule has 2 unspecified atom stereocenters. The van der Waals surface area contributed by atoms with E-state index in [1.54, 1.807) is 18.2 Å². The Bertz CT molecular complexity index is 555. The maximum atomic E-state index is 11.6. The van der Waals surface area contributed by atoms with Crippen molar-refractivity contribution in [1.82, 2.24) is 0 Å². The Labute approximate surface area is 121 Å². The average Bonchev–Trinajstić information content (AvgIpc) is 2.38. The van der Waals surface area contributed by atoms with Crippen LogP contribution in [0.4, 0.5) is 5.69 Å². The Morgan fingerprint density at radius 1 is 1.20 bits per heavy atom. The molecule has 5 heteroatoms. The number of nitrogens with two attached hydrogens (primary N) is 1. The number of primary sulfonamides is 1. The molecule has 112 valence electrons. The van der Waals surface area contributed by atoms with E-state index in [1.807, 2.05) is 6.07 Å². The zero-order valence-corrected chi connectivity index (χ0v) is 13.0. The van der Waals surface area contributed by atoms with Gasteiger partial charge in [0, 0.05) is 6.04 Å². The summed E-state index contributed by atoms with van der Waals surface area (Å²) >= 11 is 0.